The second kappa shape index (κ2) is 6.31. The van der Waals surface area contributed by atoms with E-state index >= 15 is 0 Å². The number of H-pyrrole nitrogens is 2. The average molecular weight is 421 g/mol. The fraction of sp³-hybridized carbons (Fsp3) is 0.500. The van der Waals surface area contributed by atoms with Crippen molar-refractivity contribution in [1.82, 2.24) is 15.0 Å². The van der Waals surface area contributed by atoms with Gasteiger partial charge in [0.05, 0.1) is 35.6 Å². The second-order valence-electron chi connectivity index (χ2n) is 7.61. The standard InChI is InChI=1S/C18H20N4O2S3/c1-18(2)7-9-10(8-24-18)11-12-13(15(25)21-17(26)19-12)27-16(11)20-14(9)22-3-5-23-6-4-22/h3-8H2,1-2H3,(H2,19,21,25,26). The van der Waals surface area contributed by atoms with Gasteiger partial charge in [0.15, 0.2) is 4.77 Å². The van der Waals surface area contributed by atoms with Crippen molar-refractivity contribution >= 4 is 62.0 Å². The van der Waals surface area contributed by atoms with Crippen molar-refractivity contribution in [2.75, 3.05) is 31.2 Å². The molecule has 0 amide bonds. The van der Waals surface area contributed by atoms with Gasteiger partial charge in [0.2, 0.25) is 0 Å². The number of thiophene rings is 1. The number of rotatable bonds is 1. The third kappa shape index (κ3) is 2.92. The van der Waals surface area contributed by atoms with E-state index in [-0.39, 0.29) is 5.60 Å². The van der Waals surface area contributed by atoms with Gasteiger partial charge >= 0.3 is 0 Å². The van der Waals surface area contributed by atoms with Crippen LogP contribution in [0.5, 0.6) is 0 Å². The summed E-state index contributed by atoms with van der Waals surface area (Å²) < 4.78 is 13.9. The van der Waals surface area contributed by atoms with Gasteiger partial charge in [-0.25, -0.2) is 4.98 Å². The average Bonchev–Trinajstić information content (AvgIpc) is 3.00. The summed E-state index contributed by atoms with van der Waals surface area (Å²) in [6.07, 6.45) is 0.829. The Morgan fingerprint density at radius 1 is 1.15 bits per heavy atom. The van der Waals surface area contributed by atoms with E-state index in [1.165, 1.54) is 11.1 Å². The van der Waals surface area contributed by atoms with Gasteiger partial charge < -0.3 is 24.3 Å². The molecule has 142 valence electrons. The number of fused-ring (bicyclic) bond motifs is 5. The molecule has 0 bridgehead atoms. The SMILES string of the molecule is CC1(C)Cc2c(N3CCOCC3)nc3sc4c(=S)[nH]c(=S)[nH]c4c3c2CO1. The summed E-state index contributed by atoms with van der Waals surface area (Å²) in [4.78, 5) is 14.8. The molecule has 1 saturated heterocycles. The van der Waals surface area contributed by atoms with Crippen LogP contribution in [-0.2, 0) is 22.5 Å². The summed E-state index contributed by atoms with van der Waals surface area (Å²) in [5, 5.41) is 1.10. The molecular weight excluding hydrogens is 400 g/mol. The van der Waals surface area contributed by atoms with E-state index in [4.69, 9.17) is 38.9 Å². The van der Waals surface area contributed by atoms with Gasteiger partial charge in [-0.2, -0.15) is 0 Å². The van der Waals surface area contributed by atoms with E-state index in [1.54, 1.807) is 11.3 Å². The zero-order valence-electron chi connectivity index (χ0n) is 15.2. The number of aromatic nitrogens is 3. The molecule has 6 nitrogen and oxygen atoms in total. The molecule has 0 radical (unpaired) electrons. The predicted octanol–water partition coefficient (Wildman–Crippen LogP) is 4.25. The third-order valence-electron chi connectivity index (χ3n) is 5.23. The number of pyridine rings is 1. The van der Waals surface area contributed by atoms with Gasteiger partial charge in [-0.15, -0.1) is 11.3 Å². The van der Waals surface area contributed by atoms with Crippen molar-refractivity contribution in [2.24, 2.45) is 0 Å². The zero-order valence-corrected chi connectivity index (χ0v) is 17.6. The molecule has 0 spiro atoms. The smallest absolute Gasteiger partial charge is 0.175 e. The minimum Gasteiger partial charge on any atom is -0.378 e. The first-order valence-corrected chi connectivity index (χ1v) is 10.6. The quantitative estimate of drug-likeness (QED) is 0.574. The Kier molecular flexibility index (Phi) is 4.14. The van der Waals surface area contributed by atoms with Gasteiger partial charge in [-0.1, -0.05) is 12.2 Å². The molecule has 2 N–H and O–H groups in total. The summed E-state index contributed by atoms with van der Waals surface area (Å²) in [7, 11) is 0. The monoisotopic (exact) mass is 420 g/mol. The van der Waals surface area contributed by atoms with E-state index in [0.717, 1.165) is 59.0 Å². The molecule has 3 aromatic rings. The highest BCUT2D eigenvalue weighted by Gasteiger charge is 2.33. The lowest BCUT2D eigenvalue weighted by molar-refractivity contribution is -0.0393. The number of ether oxygens (including phenoxy) is 2. The van der Waals surface area contributed by atoms with E-state index < -0.39 is 0 Å². The lowest BCUT2D eigenvalue weighted by Gasteiger charge is -2.36. The minimum absolute atomic E-state index is 0.209. The summed E-state index contributed by atoms with van der Waals surface area (Å²) in [5.41, 5.74) is 3.25. The van der Waals surface area contributed by atoms with E-state index in [2.05, 4.69) is 28.7 Å². The molecule has 2 aliphatic rings. The second-order valence-corrected chi connectivity index (χ2v) is 9.43. The van der Waals surface area contributed by atoms with Crippen LogP contribution < -0.4 is 4.90 Å². The Labute approximate surface area is 170 Å². The third-order valence-corrected chi connectivity index (χ3v) is 6.97. The van der Waals surface area contributed by atoms with Crippen LogP contribution in [0.4, 0.5) is 5.82 Å². The Morgan fingerprint density at radius 3 is 2.70 bits per heavy atom. The number of anilines is 1. The van der Waals surface area contributed by atoms with E-state index in [1.807, 2.05) is 0 Å². The summed E-state index contributed by atoms with van der Waals surface area (Å²) in [6, 6.07) is 0. The number of nitrogens with one attached hydrogen (secondary N) is 2. The van der Waals surface area contributed by atoms with Crippen molar-refractivity contribution in [2.45, 2.75) is 32.5 Å². The molecule has 9 heteroatoms. The molecule has 3 aromatic heterocycles. The van der Waals surface area contributed by atoms with Crippen LogP contribution in [0.3, 0.4) is 0 Å². The first kappa shape index (κ1) is 17.7. The van der Waals surface area contributed by atoms with Crippen LogP contribution in [0, 0.1) is 9.41 Å². The molecule has 0 unspecified atom stereocenters. The fourth-order valence-corrected chi connectivity index (χ4v) is 5.59. The Bertz CT molecular complexity index is 1170. The van der Waals surface area contributed by atoms with Crippen LogP contribution in [0.15, 0.2) is 0 Å². The Balaban J connectivity index is 1.85. The number of hydrogen-bond donors (Lipinski definition) is 2. The van der Waals surface area contributed by atoms with Crippen LogP contribution in [0.25, 0.3) is 20.4 Å². The highest BCUT2D eigenvalue weighted by molar-refractivity contribution is 7.72. The number of aromatic amines is 2. The molecule has 5 heterocycles. The van der Waals surface area contributed by atoms with E-state index in [9.17, 15) is 0 Å². The maximum atomic E-state index is 6.18. The van der Waals surface area contributed by atoms with Crippen molar-refractivity contribution < 1.29 is 9.47 Å². The predicted molar refractivity (Wildman–Crippen MR) is 113 cm³/mol. The number of hydrogen-bond acceptors (Lipinski definition) is 7. The molecular formula is C18H20N4O2S3. The molecule has 0 atom stereocenters. The van der Waals surface area contributed by atoms with Crippen LogP contribution in [0.1, 0.15) is 25.0 Å². The van der Waals surface area contributed by atoms with Gasteiger partial charge in [0.25, 0.3) is 0 Å². The van der Waals surface area contributed by atoms with E-state index in [0.29, 0.717) is 16.0 Å². The highest BCUT2D eigenvalue weighted by atomic mass is 32.1. The lowest BCUT2D eigenvalue weighted by atomic mass is 9.90. The topological polar surface area (TPSA) is 66.2 Å². The number of nitrogens with zero attached hydrogens (tertiary/aromatic N) is 2. The van der Waals surface area contributed by atoms with Gasteiger partial charge in [0.1, 0.15) is 15.3 Å². The molecule has 0 saturated carbocycles. The van der Waals surface area contributed by atoms with Gasteiger partial charge in [-0.3, -0.25) is 0 Å². The molecule has 0 aromatic carbocycles. The van der Waals surface area contributed by atoms with Gasteiger partial charge in [-0.05, 0) is 31.6 Å². The molecule has 1 fully saturated rings. The maximum Gasteiger partial charge on any atom is 0.175 e. The molecule has 27 heavy (non-hydrogen) atoms. The molecule has 5 rings (SSSR count). The summed E-state index contributed by atoms with van der Waals surface area (Å²) in [5.74, 6) is 1.07. The number of morpholine rings is 1. The minimum atomic E-state index is -0.209. The summed E-state index contributed by atoms with van der Waals surface area (Å²) in [6.45, 7) is 8.03. The largest absolute Gasteiger partial charge is 0.378 e. The first-order valence-electron chi connectivity index (χ1n) is 9.00. The van der Waals surface area contributed by atoms with Crippen molar-refractivity contribution in [3.63, 3.8) is 0 Å². The molecule has 2 aliphatic heterocycles. The zero-order chi connectivity index (χ0) is 18.8. The first-order chi connectivity index (χ1) is 12.9. The lowest BCUT2D eigenvalue weighted by Crippen LogP contribution is -2.39. The fourth-order valence-electron chi connectivity index (χ4n) is 3.94. The van der Waals surface area contributed by atoms with Crippen molar-refractivity contribution in [3.8, 4) is 0 Å². The summed E-state index contributed by atoms with van der Waals surface area (Å²) >= 11 is 12.5. The van der Waals surface area contributed by atoms with Crippen molar-refractivity contribution in [1.29, 1.82) is 0 Å². The van der Waals surface area contributed by atoms with Gasteiger partial charge in [0, 0.05) is 30.5 Å². The van der Waals surface area contributed by atoms with Crippen LogP contribution >= 0.6 is 35.8 Å². The van der Waals surface area contributed by atoms with Crippen LogP contribution in [0.2, 0.25) is 0 Å². The normalized spacial score (nSPS) is 19.6. The van der Waals surface area contributed by atoms with Crippen molar-refractivity contribution in [3.05, 3.63) is 20.5 Å². The Morgan fingerprint density at radius 2 is 1.93 bits per heavy atom. The van der Waals surface area contributed by atoms with Crippen LogP contribution in [-0.4, -0.2) is 46.9 Å². The Hall–Kier alpha value is -1.39. The molecule has 0 aliphatic carbocycles. The highest BCUT2D eigenvalue weighted by Crippen LogP contribution is 2.42. The maximum absolute atomic E-state index is 6.18.